The molecule has 0 bridgehead atoms. The minimum Gasteiger partial charge on any atom is -0.343 e. The predicted octanol–water partition coefficient (Wildman–Crippen LogP) is 3.42. The molecule has 2 aliphatic heterocycles. The van der Waals surface area contributed by atoms with Crippen LogP contribution in [0.25, 0.3) is 0 Å². The second-order valence-corrected chi connectivity index (χ2v) is 10.3. The van der Waals surface area contributed by atoms with Crippen LogP contribution in [-0.4, -0.2) is 44.8 Å². The Labute approximate surface area is 189 Å². The standard InChI is InChI=1S/C24H29N3O4S/c1-18-11-14-26(15-12-18)23(28)9-10-24(29)27-16-13-19-17-21(7-8-22(19)27)32(30,31)25-20-5-3-2-4-6-20/h2-8,17-18,25H,9-16H2,1H3. The average molecular weight is 456 g/mol. The molecule has 2 aromatic carbocycles. The predicted molar refractivity (Wildman–Crippen MR) is 124 cm³/mol. The molecule has 170 valence electrons. The number of nitrogens with zero attached hydrogens (tertiary/aromatic N) is 2. The van der Waals surface area contributed by atoms with Crippen LogP contribution >= 0.6 is 0 Å². The number of hydrogen-bond acceptors (Lipinski definition) is 4. The normalized spacial score (nSPS) is 16.7. The van der Waals surface area contributed by atoms with Crippen LogP contribution < -0.4 is 9.62 Å². The molecule has 2 heterocycles. The monoisotopic (exact) mass is 455 g/mol. The van der Waals surface area contributed by atoms with Crippen LogP contribution in [0.4, 0.5) is 11.4 Å². The molecular weight excluding hydrogens is 426 g/mol. The number of rotatable bonds is 6. The van der Waals surface area contributed by atoms with Crippen molar-refractivity contribution < 1.29 is 18.0 Å². The molecule has 4 rings (SSSR count). The number of anilines is 2. The van der Waals surface area contributed by atoms with Crippen molar-refractivity contribution >= 4 is 33.2 Å². The highest BCUT2D eigenvalue weighted by Crippen LogP contribution is 2.31. The number of hydrogen-bond donors (Lipinski definition) is 1. The summed E-state index contributed by atoms with van der Waals surface area (Å²) >= 11 is 0. The van der Waals surface area contributed by atoms with E-state index in [-0.39, 0.29) is 29.6 Å². The Morgan fingerprint density at radius 1 is 0.969 bits per heavy atom. The number of para-hydroxylation sites is 1. The zero-order valence-electron chi connectivity index (χ0n) is 18.3. The third-order valence-corrected chi connectivity index (χ3v) is 7.65. The van der Waals surface area contributed by atoms with E-state index in [1.165, 1.54) is 6.07 Å². The minimum atomic E-state index is -3.71. The Hall–Kier alpha value is -2.87. The van der Waals surface area contributed by atoms with Crippen LogP contribution in [0.2, 0.25) is 0 Å². The molecule has 1 N–H and O–H groups in total. The SMILES string of the molecule is CC1CCN(C(=O)CCC(=O)N2CCc3cc(S(=O)(=O)Nc4ccccc4)ccc32)CC1. The topological polar surface area (TPSA) is 86.8 Å². The summed E-state index contributed by atoms with van der Waals surface area (Å²) in [5.74, 6) is 0.594. The minimum absolute atomic E-state index is 0.0399. The van der Waals surface area contributed by atoms with E-state index in [0.29, 0.717) is 24.6 Å². The van der Waals surface area contributed by atoms with Gasteiger partial charge in [0.1, 0.15) is 0 Å². The lowest BCUT2D eigenvalue weighted by Gasteiger charge is -2.30. The van der Waals surface area contributed by atoms with Gasteiger partial charge in [-0.25, -0.2) is 8.42 Å². The van der Waals surface area contributed by atoms with Gasteiger partial charge in [-0.2, -0.15) is 0 Å². The molecule has 2 aliphatic rings. The molecule has 32 heavy (non-hydrogen) atoms. The number of likely N-dealkylation sites (tertiary alicyclic amines) is 1. The number of carbonyl (C=O) groups is 2. The van der Waals surface area contributed by atoms with Crippen molar-refractivity contribution in [3.8, 4) is 0 Å². The molecule has 0 unspecified atom stereocenters. The molecule has 0 radical (unpaired) electrons. The van der Waals surface area contributed by atoms with Crippen molar-refractivity contribution in [2.75, 3.05) is 29.3 Å². The molecule has 0 spiro atoms. The van der Waals surface area contributed by atoms with Gasteiger partial charge in [0.15, 0.2) is 0 Å². The highest BCUT2D eigenvalue weighted by atomic mass is 32.2. The highest BCUT2D eigenvalue weighted by molar-refractivity contribution is 7.92. The second-order valence-electron chi connectivity index (χ2n) is 8.62. The quantitative estimate of drug-likeness (QED) is 0.723. The summed E-state index contributed by atoms with van der Waals surface area (Å²) in [6.45, 7) is 4.24. The Morgan fingerprint density at radius 2 is 1.66 bits per heavy atom. The number of carbonyl (C=O) groups excluding carboxylic acids is 2. The van der Waals surface area contributed by atoms with Crippen LogP contribution in [0.15, 0.2) is 53.4 Å². The van der Waals surface area contributed by atoms with E-state index >= 15 is 0 Å². The zero-order chi connectivity index (χ0) is 22.7. The van der Waals surface area contributed by atoms with Gasteiger partial charge >= 0.3 is 0 Å². The number of piperidine rings is 1. The maximum absolute atomic E-state index is 12.8. The van der Waals surface area contributed by atoms with Crippen LogP contribution in [-0.2, 0) is 26.0 Å². The lowest BCUT2D eigenvalue weighted by Crippen LogP contribution is -2.38. The van der Waals surface area contributed by atoms with Gasteiger partial charge in [-0.15, -0.1) is 0 Å². The van der Waals surface area contributed by atoms with Crippen molar-refractivity contribution in [1.82, 2.24) is 4.90 Å². The van der Waals surface area contributed by atoms with E-state index in [2.05, 4.69) is 11.6 Å². The fraction of sp³-hybridized carbons (Fsp3) is 0.417. The lowest BCUT2D eigenvalue weighted by molar-refractivity contribution is -0.134. The second kappa shape index (κ2) is 9.32. The van der Waals surface area contributed by atoms with E-state index in [9.17, 15) is 18.0 Å². The smallest absolute Gasteiger partial charge is 0.261 e. The maximum Gasteiger partial charge on any atom is 0.261 e. The van der Waals surface area contributed by atoms with Crippen LogP contribution in [0.3, 0.4) is 0 Å². The van der Waals surface area contributed by atoms with Crippen LogP contribution in [0, 0.1) is 5.92 Å². The van der Waals surface area contributed by atoms with Gasteiger partial charge in [0.25, 0.3) is 10.0 Å². The molecular formula is C24H29N3O4S. The van der Waals surface area contributed by atoms with E-state index in [1.807, 2.05) is 11.0 Å². The van der Waals surface area contributed by atoms with Crippen molar-refractivity contribution in [1.29, 1.82) is 0 Å². The molecule has 0 aromatic heterocycles. The fourth-order valence-corrected chi connectivity index (χ4v) is 5.40. The molecule has 2 aromatic rings. The first-order chi connectivity index (χ1) is 15.3. The van der Waals surface area contributed by atoms with Crippen LogP contribution in [0.5, 0.6) is 0 Å². The van der Waals surface area contributed by atoms with E-state index < -0.39 is 10.0 Å². The van der Waals surface area contributed by atoms with E-state index in [4.69, 9.17) is 0 Å². The largest absolute Gasteiger partial charge is 0.343 e. The Bertz CT molecular complexity index is 1090. The van der Waals surface area contributed by atoms with E-state index in [0.717, 1.165) is 37.2 Å². The van der Waals surface area contributed by atoms with Gasteiger partial charge in [0, 0.05) is 43.9 Å². The zero-order valence-corrected chi connectivity index (χ0v) is 19.1. The van der Waals surface area contributed by atoms with Crippen LogP contribution in [0.1, 0.15) is 38.2 Å². The van der Waals surface area contributed by atoms with E-state index in [1.54, 1.807) is 41.3 Å². The third kappa shape index (κ3) is 4.96. The van der Waals surface area contributed by atoms with Crippen molar-refractivity contribution in [3.05, 3.63) is 54.1 Å². The summed E-state index contributed by atoms with van der Waals surface area (Å²) in [6.07, 6.45) is 3.01. The molecule has 8 heteroatoms. The van der Waals surface area contributed by atoms with Crippen molar-refractivity contribution in [2.24, 2.45) is 5.92 Å². The molecule has 1 fully saturated rings. The van der Waals surface area contributed by atoms with Crippen molar-refractivity contribution in [2.45, 2.75) is 43.9 Å². The summed E-state index contributed by atoms with van der Waals surface area (Å²) in [5.41, 5.74) is 2.05. The summed E-state index contributed by atoms with van der Waals surface area (Å²) in [5, 5.41) is 0. The summed E-state index contributed by atoms with van der Waals surface area (Å²) in [4.78, 5) is 29.0. The highest BCUT2D eigenvalue weighted by Gasteiger charge is 2.28. The molecule has 1 saturated heterocycles. The van der Waals surface area contributed by atoms with Gasteiger partial charge in [0.2, 0.25) is 11.8 Å². The number of fused-ring (bicyclic) bond motifs is 1. The summed E-state index contributed by atoms with van der Waals surface area (Å²) in [7, 11) is -3.71. The summed E-state index contributed by atoms with van der Waals surface area (Å²) in [6, 6.07) is 13.6. The first kappa shape index (κ1) is 22.3. The Kier molecular flexibility index (Phi) is 6.50. The average Bonchev–Trinajstić information content (AvgIpc) is 3.21. The maximum atomic E-state index is 12.8. The van der Waals surface area contributed by atoms with Gasteiger partial charge in [0.05, 0.1) is 4.90 Å². The fourth-order valence-electron chi connectivity index (χ4n) is 4.29. The first-order valence-electron chi connectivity index (χ1n) is 11.1. The van der Waals surface area contributed by atoms with Crippen molar-refractivity contribution in [3.63, 3.8) is 0 Å². The Morgan fingerprint density at radius 3 is 2.38 bits per heavy atom. The molecule has 0 atom stereocenters. The number of nitrogens with one attached hydrogen (secondary N) is 1. The first-order valence-corrected chi connectivity index (χ1v) is 12.6. The molecule has 2 amide bonds. The molecule has 7 nitrogen and oxygen atoms in total. The number of amides is 2. The number of sulfonamides is 1. The lowest BCUT2D eigenvalue weighted by atomic mass is 9.99. The third-order valence-electron chi connectivity index (χ3n) is 6.27. The molecule has 0 aliphatic carbocycles. The Balaban J connectivity index is 1.39. The van der Waals surface area contributed by atoms with Gasteiger partial charge in [-0.3, -0.25) is 14.3 Å². The number of benzene rings is 2. The van der Waals surface area contributed by atoms with Gasteiger partial charge in [-0.1, -0.05) is 25.1 Å². The van der Waals surface area contributed by atoms with Gasteiger partial charge in [-0.05, 0) is 61.1 Å². The molecule has 0 saturated carbocycles. The summed E-state index contributed by atoms with van der Waals surface area (Å²) < 4.78 is 28.0. The van der Waals surface area contributed by atoms with Gasteiger partial charge < -0.3 is 9.80 Å².